The van der Waals surface area contributed by atoms with Gasteiger partial charge < -0.3 is 4.90 Å². The fraction of sp³-hybridized carbons (Fsp3) is 0.429. The molecule has 1 aromatic rings. The topological polar surface area (TPSA) is 29.0 Å². The molecule has 0 spiro atoms. The van der Waals surface area contributed by atoms with E-state index in [9.17, 15) is 0 Å². The van der Waals surface area contributed by atoms with Crippen LogP contribution >= 0.6 is 22.6 Å². The number of hydrogen-bond donors (Lipinski definition) is 0. The minimum atomic E-state index is 0.902. The largest absolute Gasteiger partial charge is 0.361 e. The maximum Gasteiger partial charge on any atom is 0.150 e. The van der Waals surface area contributed by atoms with Gasteiger partial charge in [0.1, 0.15) is 0 Å². The van der Waals surface area contributed by atoms with Crippen molar-refractivity contribution < 1.29 is 0 Å². The Morgan fingerprint density at radius 3 is 2.45 bits per heavy atom. The summed E-state index contributed by atoms with van der Waals surface area (Å²) in [5, 5.41) is 0. The van der Waals surface area contributed by atoms with E-state index in [1.54, 1.807) is 12.4 Å². The SMILES string of the molecule is CN(C)c1nccnc1CI. The second kappa shape index (κ2) is 3.85. The highest BCUT2D eigenvalue weighted by molar-refractivity contribution is 14.1. The maximum absolute atomic E-state index is 4.21. The third kappa shape index (κ3) is 2.02. The lowest BCUT2D eigenvalue weighted by molar-refractivity contribution is 1.00. The molecule has 0 radical (unpaired) electrons. The van der Waals surface area contributed by atoms with E-state index in [-0.39, 0.29) is 0 Å². The fourth-order valence-corrected chi connectivity index (χ4v) is 1.37. The summed E-state index contributed by atoms with van der Waals surface area (Å²) < 4.78 is 0.902. The van der Waals surface area contributed by atoms with E-state index < -0.39 is 0 Å². The zero-order chi connectivity index (χ0) is 8.27. The van der Waals surface area contributed by atoms with Crippen molar-refractivity contribution in [3.8, 4) is 0 Å². The second-order valence-electron chi connectivity index (χ2n) is 2.35. The highest BCUT2D eigenvalue weighted by atomic mass is 127. The molecule has 60 valence electrons. The Bertz CT molecular complexity index is 237. The van der Waals surface area contributed by atoms with Gasteiger partial charge in [0.05, 0.1) is 5.69 Å². The van der Waals surface area contributed by atoms with Crippen LogP contribution in [0, 0.1) is 0 Å². The normalized spacial score (nSPS) is 9.73. The standard InChI is InChI=1S/C7H10IN3/c1-11(2)7-6(5-8)9-3-4-10-7/h3-4H,5H2,1-2H3. The number of aromatic nitrogens is 2. The quantitative estimate of drug-likeness (QED) is 0.597. The van der Waals surface area contributed by atoms with Crippen molar-refractivity contribution in [2.75, 3.05) is 19.0 Å². The summed E-state index contributed by atoms with van der Waals surface area (Å²) in [5.74, 6) is 0.960. The van der Waals surface area contributed by atoms with Crippen LogP contribution < -0.4 is 4.90 Å². The van der Waals surface area contributed by atoms with Crippen molar-refractivity contribution in [3.63, 3.8) is 0 Å². The number of rotatable bonds is 2. The van der Waals surface area contributed by atoms with E-state index >= 15 is 0 Å². The summed E-state index contributed by atoms with van der Waals surface area (Å²) >= 11 is 2.28. The Morgan fingerprint density at radius 1 is 1.36 bits per heavy atom. The molecule has 0 N–H and O–H groups in total. The molecule has 1 aromatic heterocycles. The monoisotopic (exact) mass is 263 g/mol. The van der Waals surface area contributed by atoms with E-state index in [0.29, 0.717) is 0 Å². The van der Waals surface area contributed by atoms with Gasteiger partial charge in [-0.3, -0.25) is 4.98 Å². The first-order valence-electron chi connectivity index (χ1n) is 3.29. The third-order valence-corrected chi connectivity index (χ3v) is 2.02. The van der Waals surface area contributed by atoms with E-state index in [4.69, 9.17) is 0 Å². The molecule has 3 nitrogen and oxygen atoms in total. The molecular formula is C7H10IN3. The first-order chi connectivity index (χ1) is 5.25. The molecule has 0 atom stereocenters. The smallest absolute Gasteiger partial charge is 0.150 e. The molecule has 0 aliphatic carbocycles. The van der Waals surface area contributed by atoms with Gasteiger partial charge in [-0.2, -0.15) is 0 Å². The van der Waals surface area contributed by atoms with Crippen LogP contribution in [-0.2, 0) is 4.43 Å². The van der Waals surface area contributed by atoms with Gasteiger partial charge in [0, 0.05) is 30.9 Å². The zero-order valence-corrected chi connectivity index (χ0v) is 8.74. The molecule has 0 saturated heterocycles. The Labute approximate surface area is 80.0 Å². The van der Waals surface area contributed by atoms with Crippen molar-refractivity contribution in [1.82, 2.24) is 9.97 Å². The number of nitrogens with zero attached hydrogens (tertiary/aromatic N) is 3. The molecule has 0 bridgehead atoms. The number of hydrogen-bond acceptors (Lipinski definition) is 3. The molecular weight excluding hydrogens is 253 g/mol. The van der Waals surface area contributed by atoms with Crippen molar-refractivity contribution in [3.05, 3.63) is 18.1 Å². The van der Waals surface area contributed by atoms with Gasteiger partial charge in [-0.15, -0.1) is 0 Å². The third-order valence-electron chi connectivity index (χ3n) is 1.30. The summed E-state index contributed by atoms with van der Waals surface area (Å²) in [7, 11) is 3.94. The molecule has 0 fully saturated rings. The Balaban J connectivity index is 3.02. The Kier molecular flexibility index (Phi) is 3.04. The lowest BCUT2D eigenvalue weighted by Crippen LogP contribution is -2.13. The Hall–Kier alpha value is -0.390. The lowest BCUT2D eigenvalue weighted by atomic mass is 10.4. The molecule has 1 rings (SSSR count). The van der Waals surface area contributed by atoms with Crippen LogP contribution in [0.2, 0.25) is 0 Å². The molecule has 4 heteroatoms. The molecule has 0 saturated carbocycles. The van der Waals surface area contributed by atoms with Crippen molar-refractivity contribution in [2.45, 2.75) is 4.43 Å². The first kappa shape index (κ1) is 8.70. The van der Waals surface area contributed by atoms with E-state index in [0.717, 1.165) is 15.9 Å². The van der Waals surface area contributed by atoms with Gasteiger partial charge in [-0.25, -0.2) is 4.98 Å². The second-order valence-corrected chi connectivity index (χ2v) is 3.12. The van der Waals surface area contributed by atoms with Gasteiger partial charge in [-0.1, -0.05) is 22.6 Å². The average Bonchev–Trinajstić information content (AvgIpc) is 2.04. The molecule has 0 unspecified atom stereocenters. The van der Waals surface area contributed by atoms with Crippen LogP contribution in [0.1, 0.15) is 5.69 Å². The van der Waals surface area contributed by atoms with E-state index in [1.807, 2.05) is 19.0 Å². The van der Waals surface area contributed by atoms with Crippen LogP contribution in [0.5, 0.6) is 0 Å². The minimum Gasteiger partial charge on any atom is -0.361 e. The number of halogens is 1. The fourth-order valence-electron chi connectivity index (χ4n) is 0.827. The first-order valence-corrected chi connectivity index (χ1v) is 4.81. The molecule has 0 amide bonds. The Morgan fingerprint density at radius 2 is 2.00 bits per heavy atom. The van der Waals surface area contributed by atoms with Gasteiger partial charge in [-0.05, 0) is 0 Å². The minimum absolute atomic E-state index is 0.902. The van der Waals surface area contributed by atoms with Gasteiger partial charge >= 0.3 is 0 Å². The predicted molar refractivity (Wildman–Crippen MR) is 54.1 cm³/mol. The van der Waals surface area contributed by atoms with Crippen LogP contribution in [0.4, 0.5) is 5.82 Å². The molecule has 1 heterocycles. The zero-order valence-electron chi connectivity index (χ0n) is 6.58. The summed E-state index contributed by atoms with van der Waals surface area (Å²) in [6.45, 7) is 0. The highest BCUT2D eigenvalue weighted by Crippen LogP contribution is 2.14. The summed E-state index contributed by atoms with van der Waals surface area (Å²) in [6, 6.07) is 0. The van der Waals surface area contributed by atoms with Crippen LogP contribution in [0.15, 0.2) is 12.4 Å². The summed E-state index contributed by atoms with van der Waals surface area (Å²) in [5.41, 5.74) is 1.04. The van der Waals surface area contributed by atoms with Crippen LogP contribution in [0.3, 0.4) is 0 Å². The van der Waals surface area contributed by atoms with Crippen LogP contribution in [0.25, 0.3) is 0 Å². The summed E-state index contributed by atoms with van der Waals surface area (Å²) in [6.07, 6.45) is 3.44. The van der Waals surface area contributed by atoms with Crippen LogP contribution in [-0.4, -0.2) is 24.1 Å². The number of alkyl halides is 1. The van der Waals surface area contributed by atoms with Gasteiger partial charge in [0.2, 0.25) is 0 Å². The maximum atomic E-state index is 4.21. The predicted octanol–water partition coefficient (Wildman–Crippen LogP) is 1.48. The van der Waals surface area contributed by atoms with Crippen molar-refractivity contribution in [1.29, 1.82) is 0 Å². The van der Waals surface area contributed by atoms with Crippen molar-refractivity contribution >= 4 is 28.4 Å². The van der Waals surface area contributed by atoms with Gasteiger partial charge in [0.15, 0.2) is 5.82 Å². The molecule has 11 heavy (non-hydrogen) atoms. The van der Waals surface area contributed by atoms with Crippen molar-refractivity contribution in [2.24, 2.45) is 0 Å². The highest BCUT2D eigenvalue weighted by Gasteiger charge is 2.03. The van der Waals surface area contributed by atoms with E-state index in [1.165, 1.54) is 0 Å². The molecule has 0 aromatic carbocycles. The molecule has 0 aliphatic heterocycles. The molecule has 0 aliphatic rings. The average molecular weight is 263 g/mol. The van der Waals surface area contributed by atoms with Gasteiger partial charge in [0.25, 0.3) is 0 Å². The van der Waals surface area contributed by atoms with E-state index in [2.05, 4.69) is 32.6 Å². The lowest BCUT2D eigenvalue weighted by Gasteiger charge is -2.12. The summed E-state index contributed by atoms with van der Waals surface area (Å²) in [4.78, 5) is 10.4. The number of anilines is 1.